The summed E-state index contributed by atoms with van der Waals surface area (Å²) in [6, 6.07) is 6.67. The van der Waals surface area contributed by atoms with Crippen LogP contribution in [0.25, 0.3) is 0 Å². The van der Waals surface area contributed by atoms with Crippen LogP contribution in [0.3, 0.4) is 0 Å². The second-order valence-corrected chi connectivity index (χ2v) is 8.54. The average Bonchev–Trinajstić information content (AvgIpc) is 2.64. The van der Waals surface area contributed by atoms with E-state index < -0.39 is 45.2 Å². The Balaban J connectivity index is 1.97. The molecule has 0 saturated carbocycles. The van der Waals surface area contributed by atoms with E-state index in [1.165, 1.54) is 7.05 Å². The maximum atomic E-state index is 13.5. The second kappa shape index (κ2) is 7.84. The molecule has 0 spiro atoms. The molecular weight excluding hydrogens is 392 g/mol. The molecule has 28 heavy (non-hydrogen) atoms. The highest BCUT2D eigenvalue weighted by Gasteiger charge is 2.33. The van der Waals surface area contributed by atoms with Gasteiger partial charge in [-0.3, -0.25) is 0 Å². The summed E-state index contributed by atoms with van der Waals surface area (Å²) >= 11 is 0. The molecule has 0 aromatic heterocycles. The first-order valence-corrected chi connectivity index (χ1v) is 10.0. The molecule has 1 unspecified atom stereocenters. The van der Waals surface area contributed by atoms with Crippen LogP contribution < -0.4 is 4.74 Å². The lowest BCUT2D eigenvalue weighted by molar-refractivity contribution is -0.139. The van der Waals surface area contributed by atoms with Crippen molar-refractivity contribution in [2.24, 2.45) is 0 Å². The number of aliphatic carboxylic acids is 1. The fourth-order valence-corrected chi connectivity index (χ4v) is 4.86. The van der Waals surface area contributed by atoms with Gasteiger partial charge < -0.3 is 9.84 Å². The van der Waals surface area contributed by atoms with Gasteiger partial charge in [0.2, 0.25) is 10.0 Å². The Morgan fingerprint density at radius 3 is 2.57 bits per heavy atom. The standard InChI is InChI=1S/C19H19F2NO5S/c1-22(28(25,26)14-9-12(20)8-13(21)10-14)17-6-2-5-16-15(17)4-3-7-18(16)27-11-19(23)24/h3-4,7-10,17H,2,5-6,11H2,1H3,(H,23,24). The number of carboxylic acid groups (broad SMARTS) is 1. The first-order chi connectivity index (χ1) is 13.2. The topological polar surface area (TPSA) is 83.9 Å². The van der Waals surface area contributed by atoms with Gasteiger partial charge in [-0.2, -0.15) is 4.31 Å². The molecule has 0 bridgehead atoms. The average molecular weight is 411 g/mol. The van der Waals surface area contributed by atoms with Crippen molar-refractivity contribution >= 4 is 16.0 Å². The minimum absolute atomic E-state index is 0.396. The van der Waals surface area contributed by atoms with Gasteiger partial charge in [0.15, 0.2) is 6.61 Å². The van der Waals surface area contributed by atoms with Crippen molar-refractivity contribution in [3.8, 4) is 5.75 Å². The molecule has 150 valence electrons. The van der Waals surface area contributed by atoms with Crippen LogP contribution in [0, 0.1) is 11.6 Å². The zero-order valence-corrected chi connectivity index (χ0v) is 15.9. The molecule has 2 aromatic carbocycles. The molecular formula is C19H19F2NO5S. The Morgan fingerprint density at radius 1 is 1.25 bits per heavy atom. The molecule has 0 radical (unpaired) electrons. The predicted molar refractivity (Wildman–Crippen MR) is 96.6 cm³/mol. The van der Waals surface area contributed by atoms with E-state index in [-0.39, 0.29) is 0 Å². The minimum atomic E-state index is -4.15. The molecule has 0 amide bonds. The maximum absolute atomic E-state index is 13.5. The van der Waals surface area contributed by atoms with Crippen LogP contribution in [0.15, 0.2) is 41.3 Å². The van der Waals surface area contributed by atoms with Crippen LogP contribution in [0.2, 0.25) is 0 Å². The Morgan fingerprint density at radius 2 is 1.93 bits per heavy atom. The van der Waals surface area contributed by atoms with E-state index in [0.717, 1.165) is 22.0 Å². The lowest BCUT2D eigenvalue weighted by Crippen LogP contribution is -2.33. The number of carboxylic acids is 1. The van der Waals surface area contributed by atoms with Crippen molar-refractivity contribution in [3.05, 3.63) is 59.2 Å². The molecule has 0 saturated heterocycles. The van der Waals surface area contributed by atoms with E-state index in [0.29, 0.717) is 36.6 Å². The molecule has 1 atom stereocenters. The highest BCUT2D eigenvalue weighted by Crippen LogP contribution is 2.40. The summed E-state index contributed by atoms with van der Waals surface area (Å²) in [5.74, 6) is -2.66. The number of rotatable bonds is 6. The highest BCUT2D eigenvalue weighted by atomic mass is 32.2. The third-order valence-corrected chi connectivity index (χ3v) is 6.58. The number of sulfonamides is 1. The Hall–Kier alpha value is -2.52. The zero-order chi connectivity index (χ0) is 20.5. The normalized spacial score (nSPS) is 16.6. The molecule has 6 nitrogen and oxygen atoms in total. The molecule has 0 fully saturated rings. The third kappa shape index (κ3) is 4.00. The largest absolute Gasteiger partial charge is 0.482 e. The van der Waals surface area contributed by atoms with Crippen LogP contribution >= 0.6 is 0 Å². The molecule has 3 rings (SSSR count). The van der Waals surface area contributed by atoms with Gasteiger partial charge in [-0.25, -0.2) is 22.0 Å². The van der Waals surface area contributed by atoms with Crippen molar-refractivity contribution in [2.75, 3.05) is 13.7 Å². The first-order valence-electron chi connectivity index (χ1n) is 8.60. The summed E-state index contributed by atoms with van der Waals surface area (Å²) in [4.78, 5) is 10.3. The molecule has 1 aliphatic carbocycles. The zero-order valence-electron chi connectivity index (χ0n) is 15.1. The number of ether oxygens (including phenoxy) is 1. The van der Waals surface area contributed by atoms with Crippen molar-refractivity contribution in [1.29, 1.82) is 0 Å². The van der Waals surface area contributed by atoms with E-state index >= 15 is 0 Å². The van der Waals surface area contributed by atoms with Crippen molar-refractivity contribution in [3.63, 3.8) is 0 Å². The van der Waals surface area contributed by atoms with E-state index in [9.17, 15) is 22.0 Å². The van der Waals surface area contributed by atoms with Gasteiger partial charge in [0, 0.05) is 13.1 Å². The van der Waals surface area contributed by atoms with Gasteiger partial charge in [0.1, 0.15) is 17.4 Å². The number of hydrogen-bond donors (Lipinski definition) is 1. The number of fused-ring (bicyclic) bond motifs is 1. The lowest BCUT2D eigenvalue weighted by Gasteiger charge is -2.33. The van der Waals surface area contributed by atoms with Gasteiger partial charge in [-0.15, -0.1) is 0 Å². The van der Waals surface area contributed by atoms with E-state index in [4.69, 9.17) is 9.84 Å². The van der Waals surface area contributed by atoms with Crippen LogP contribution in [-0.2, 0) is 21.2 Å². The monoisotopic (exact) mass is 411 g/mol. The quantitative estimate of drug-likeness (QED) is 0.790. The van der Waals surface area contributed by atoms with Crippen molar-refractivity contribution in [1.82, 2.24) is 4.31 Å². The number of halogens is 2. The van der Waals surface area contributed by atoms with Gasteiger partial charge in [0.25, 0.3) is 0 Å². The van der Waals surface area contributed by atoms with Crippen LogP contribution in [-0.4, -0.2) is 37.5 Å². The predicted octanol–water partition coefficient (Wildman–Crippen LogP) is 3.13. The fourth-order valence-electron chi connectivity index (χ4n) is 3.45. The van der Waals surface area contributed by atoms with Gasteiger partial charge >= 0.3 is 5.97 Å². The van der Waals surface area contributed by atoms with Gasteiger partial charge in [0.05, 0.1) is 10.9 Å². The number of carbonyl (C=O) groups is 1. The fraction of sp³-hybridized carbons (Fsp3) is 0.316. The third-order valence-electron chi connectivity index (χ3n) is 4.74. The van der Waals surface area contributed by atoms with Gasteiger partial charge in [-0.05, 0) is 48.6 Å². The molecule has 1 N–H and O–H groups in total. The summed E-state index contributed by atoms with van der Waals surface area (Å²) in [7, 11) is -2.78. The highest BCUT2D eigenvalue weighted by molar-refractivity contribution is 7.89. The van der Waals surface area contributed by atoms with Gasteiger partial charge in [-0.1, -0.05) is 12.1 Å². The Bertz CT molecular complexity index is 989. The van der Waals surface area contributed by atoms with E-state index in [2.05, 4.69) is 0 Å². The number of nitrogens with zero attached hydrogens (tertiary/aromatic N) is 1. The maximum Gasteiger partial charge on any atom is 0.341 e. The molecule has 9 heteroatoms. The smallest absolute Gasteiger partial charge is 0.341 e. The summed E-state index contributed by atoms with van der Waals surface area (Å²) in [6.45, 7) is -0.502. The van der Waals surface area contributed by atoms with Crippen LogP contribution in [0.1, 0.15) is 30.0 Å². The first kappa shape index (κ1) is 20.2. The molecule has 2 aromatic rings. The molecule has 0 aliphatic heterocycles. The summed E-state index contributed by atoms with van der Waals surface area (Å²) in [5, 5.41) is 8.82. The van der Waals surface area contributed by atoms with Crippen LogP contribution in [0.4, 0.5) is 8.78 Å². The summed E-state index contributed by atoms with van der Waals surface area (Å²) in [6.07, 6.45) is 1.79. The SMILES string of the molecule is CN(C1CCCc2c(OCC(=O)O)cccc21)S(=O)(=O)c1cc(F)cc(F)c1. The second-order valence-electron chi connectivity index (χ2n) is 6.54. The lowest BCUT2D eigenvalue weighted by atomic mass is 9.87. The Labute approximate surface area is 161 Å². The summed E-state index contributed by atoms with van der Waals surface area (Å²) in [5.41, 5.74) is 1.43. The molecule has 1 aliphatic rings. The van der Waals surface area contributed by atoms with E-state index in [1.54, 1.807) is 18.2 Å². The van der Waals surface area contributed by atoms with Crippen molar-refractivity contribution in [2.45, 2.75) is 30.2 Å². The van der Waals surface area contributed by atoms with E-state index in [1.807, 2.05) is 0 Å². The molecule has 0 heterocycles. The van der Waals surface area contributed by atoms with Crippen LogP contribution in [0.5, 0.6) is 5.75 Å². The van der Waals surface area contributed by atoms with Crippen molar-refractivity contribution < 1.29 is 31.8 Å². The minimum Gasteiger partial charge on any atom is -0.482 e. The summed E-state index contributed by atoms with van der Waals surface area (Å²) < 4.78 is 59.3. The number of benzene rings is 2. The Kier molecular flexibility index (Phi) is 5.66. The number of hydrogen-bond acceptors (Lipinski definition) is 4.